The molecule has 0 radical (unpaired) electrons. The summed E-state index contributed by atoms with van der Waals surface area (Å²) < 4.78 is 1.70. The molecule has 1 fully saturated rings. The highest BCUT2D eigenvalue weighted by molar-refractivity contribution is 5.95. The molecule has 1 amide bonds. The van der Waals surface area contributed by atoms with Gasteiger partial charge in [-0.2, -0.15) is 5.10 Å². The molecule has 1 unspecified atom stereocenters. The molecule has 16 heavy (non-hydrogen) atoms. The van der Waals surface area contributed by atoms with E-state index in [4.69, 9.17) is 0 Å². The fourth-order valence-electron chi connectivity index (χ4n) is 2.03. The normalized spacial score (nSPS) is 20.0. The highest BCUT2D eigenvalue weighted by Gasteiger charge is 2.20. The van der Waals surface area contributed by atoms with Crippen molar-refractivity contribution in [2.24, 2.45) is 7.05 Å². The molecule has 1 aliphatic rings. The van der Waals surface area contributed by atoms with Gasteiger partial charge in [-0.05, 0) is 19.4 Å². The zero-order chi connectivity index (χ0) is 11.5. The van der Waals surface area contributed by atoms with Crippen LogP contribution in [0.5, 0.6) is 0 Å². The van der Waals surface area contributed by atoms with Crippen LogP contribution in [-0.4, -0.2) is 34.8 Å². The van der Waals surface area contributed by atoms with Crippen LogP contribution in [0, 0.1) is 0 Å². The monoisotopic (exact) mass is 222 g/mol. The lowest BCUT2D eigenvalue weighted by atomic mass is 10.2. The van der Waals surface area contributed by atoms with Gasteiger partial charge in [-0.1, -0.05) is 6.92 Å². The smallest absolute Gasteiger partial charge is 0.255 e. The average Bonchev–Trinajstić information content (AvgIpc) is 2.86. The first kappa shape index (κ1) is 11.1. The van der Waals surface area contributed by atoms with Gasteiger partial charge in [0.1, 0.15) is 0 Å². The molecule has 1 aromatic rings. The summed E-state index contributed by atoms with van der Waals surface area (Å²) in [6.07, 6.45) is 3.58. The van der Waals surface area contributed by atoms with Crippen molar-refractivity contribution < 1.29 is 4.79 Å². The van der Waals surface area contributed by atoms with Crippen LogP contribution < -0.4 is 10.6 Å². The molecular weight excluding hydrogens is 204 g/mol. The average molecular weight is 222 g/mol. The van der Waals surface area contributed by atoms with E-state index in [1.807, 2.05) is 14.0 Å². The van der Waals surface area contributed by atoms with Crippen molar-refractivity contribution in [3.05, 3.63) is 17.5 Å². The first-order chi connectivity index (χ1) is 7.70. The van der Waals surface area contributed by atoms with E-state index in [1.165, 1.54) is 0 Å². The topological polar surface area (TPSA) is 59.0 Å². The molecule has 1 atom stereocenters. The lowest BCUT2D eigenvalue weighted by Crippen LogP contribution is -2.36. The number of rotatable bonds is 3. The number of aryl methyl sites for hydroxylation is 2. The maximum atomic E-state index is 12.0. The standard InChI is InChI=1S/C11H18N4O/c1-3-10-9(7-15(2)14-10)11(16)13-8-4-5-12-6-8/h7-8,12H,3-6H2,1-2H3,(H,13,16). The number of hydrogen-bond donors (Lipinski definition) is 2. The van der Waals surface area contributed by atoms with Gasteiger partial charge in [0, 0.05) is 25.8 Å². The second kappa shape index (κ2) is 4.65. The Morgan fingerprint density at radius 2 is 2.56 bits per heavy atom. The fraction of sp³-hybridized carbons (Fsp3) is 0.636. The number of aromatic nitrogens is 2. The summed E-state index contributed by atoms with van der Waals surface area (Å²) in [6.45, 7) is 3.86. The van der Waals surface area contributed by atoms with Gasteiger partial charge in [0.25, 0.3) is 5.91 Å². The van der Waals surface area contributed by atoms with Crippen molar-refractivity contribution in [3.8, 4) is 0 Å². The third-order valence-corrected chi connectivity index (χ3v) is 2.88. The molecule has 0 aromatic carbocycles. The minimum atomic E-state index is -0.00125. The van der Waals surface area contributed by atoms with Gasteiger partial charge in [0.05, 0.1) is 11.3 Å². The molecule has 2 N–H and O–H groups in total. The van der Waals surface area contributed by atoms with E-state index in [9.17, 15) is 4.79 Å². The van der Waals surface area contributed by atoms with E-state index >= 15 is 0 Å². The van der Waals surface area contributed by atoms with E-state index in [0.29, 0.717) is 5.56 Å². The fourth-order valence-corrected chi connectivity index (χ4v) is 2.03. The van der Waals surface area contributed by atoms with Crippen LogP contribution in [0.2, 0.25) is 0 Å². The lowest BCUT2D eigenvalue weighted by Gasteiger charge is -2.10. The Morgan fingerprint density at radius 3 is 3.19 bits per heavy atom. The summed E-state index contributed by atoms with van der Waals surface area (Å²) in [4.78, 5) is 12.0. The molecule has 2 heterocycles. The van der Waals surface area contributed by atoms with Gasteiger partial charge >= 0.3 is 0 Å². The van der Waals surface area contributed by atoms with E-state index in [2.05, 4.69) is 15.7 Å². The first-order valence-corrected chi connectivity index (χ1v) is 5.74. The van der Waals surface area contributed by atoms with Gasteiger partial charge in [0.2, 0.25) is 0 Å². The second-order valence-corrected chi connectivity index (χ2v) is 4.18. The van der Waals surface area contributed by atoms with Crippen LogP contribution in [0.1, 0.15) is 29.4 Å². The number of amides is 1. The van der Waals surface area contributed by atoms with Gasteiger partial charge in [-0.25, -0.2) is 0 Å². The minimum absolute atomic E-state index is 0.00125. The Morgan fingerprint density at radius 1 is 1.75 bits per heavy atom. The molecule has 0 spiro atoms. The molecule has 5 heteroatoms. The number of nitrogens with one attached hydrogen (secondary N) is 2. The molecule has 1 saturated heterocycles. The van der Waals surface area contributed by atoms with Crippen molar-refractivity contribution in [2.75, 3.05) is 13.1 Å². The molecule has 5 nitrogen and oxygen atoms in total. The van der Waals surface area contributed by atoms with Crippen molar-refractivity contribution in [2.45, 2.75) is 25.8 Å². The molecule has 88 valence electrons. The van der Waals surface area contributed by atoms with Crippen molar-refractivity contribution in [1.82, 2.24) is 20.4 Å². The predicted molar refractivity (Wildman–Crippen MR) is 61.3 cm³/mol. The Bertz CT molecular complexity index is 379. The van der Waals surface area contributed by atoms with E-state index in [-0.39, 0.29) is 11.9 Å². The third kappa shape index (κ3) is 2.24. The quantitative estimate of drug-likeness (QED) is 0.761. The lowest BCUT2D eigenvalue weighted by molar-refractivity contribution is 0.0939. The molecule has 0 bridgehead atoms. The number of hydrogen-bond acceptors (Lipinski definition) is 3. The largest absolute Gasteiger partial charge is 0.348 e. The Hall–Kier alpha value is -1.36. The van der Waals surface area contributed by atoms with Crippen LogP contribution in [-0.2, 0) is 13.5 Å². The Labute approximate surface area is 95.2 Å². The van der Waals surface area contributed by atoms with Crippen molar-refractivity contribution >= 4 is 5.91 Å². The number of nitrogens with zero attached hydrogens (tertiary/aromatic N) is 2. The summed E-state index contributed by atoms with van der Waals surface area (Å²) in [5.74, 6) is -0.00125. The number of carbonyl (C=O) groups is 1. The SMILES string of the molecule is CCc1nn(C)cc1C(=O)NC1CCNC1. The highest BCUT2D eigenvalue weighted by atomic mass is 16.1. The summed E-state index contributed by atoms with van der Waals surface area (Å²) in [5, 5.41) is 10.5. The van der Waals surface area contributed by atoms with Gasteiger partial charge in [-0.15, -0.1) is 0 Å². The predicted octanol–water partition coefficient (Wildman–Crippen LogP) is 0.0742. The summed E-state index contributed by atoms with van der Waals surface area (Å²) >= 11 is 0. The summed E-state index contributed by atoms with van der Waals surface area (Å²) in [6, 6.07) is 0.261. The van der Waals surface area contributed by atoms with Gasteiger partial charge in [0.15, 0.2) is 0 Å². The zero-order valence-corrected chi connectivity index (χ0v) is 9.79. The zero-order valence-electron chi connectivity index (χ0n) is 9.79. The van der Waals surface area contributed by atoms with Crippen molar-refractivity contribution in [3.63, 3.8) is 0 Å². The molecule has 2 rings (SSSR count). The summed E-state index contributed by atoms with van der Waals surface area (Å²) in [7, 11) is 1.84. The summed E-state index contributed by atoms with van der Waals surface area (Å²) in [5.41, 5.74) is 1.57. The van der Waals surface area contributed by atoms with Crippen LogP contribution in [0.3, 0.4) is 0 Å². The van der Waals surface area contributed by atoms with E-state index in [0.717, 1.165) is 31.6 Å². The van der Waals surface area contributed by atoms with Crippen LogP contribution >= 0.6 is 0 Å². The van der Waals surface area contributed by atoms with E-state index < -0.39 is 0 Å². The maximum Gasteiger partial charge on any atom is 0.255 e. The van der Waals surface area contributed by atoms with Crippen LogP contribution in [0.15, 0.2) is 6.20 Å². The van der Waals surface area contributed by atoms with Crippen LogP contribution in [0.25, 0.3) is 0 Å². The molecule has 0 aliphatic carbocycles. The molecule has 1 aliphatic heterocycles. The van der Waals surface area contributed by atoms with Gasteiger partial charge in [-0.3, -0.25) is 9.48 Å². The first-order valence-electron chi connectivity index (χ1n) is 5.74. The minimum Gasteiger partial charge on any atom is -0.348 e. The Kier molecular flexibility index (Phi) is 3.24. The number of carbonyl (C=O) groups excluding carboxylic acids is 1. The molecule has 0 saturated carbocycles. The van der Waals surface area contributed by atoms with Gasteiger partial charge < -0.3 is 10.6 Å². The second-order valence-electron chi connectivity index (χ2n) is 4.18. The Balaban J connectivity index is 2.07. The van der Waals surface area contributed by atoms with Crippen molar-refractivity contribution in [1.29, 1.82) is 0 Å². The highest BCUT2D eigenvalue weighted by Crippen LogP contribution is 2.08. The molecule has 1 aromatic heterocycles. The maximum absolute atomic E-state index is 12.0. The van der Waals surface area contributed by atoms with E-state index in [1.54, 1.807) is 10.9 Å². The van der Waals surface area contributed by atoms with Crippen LogP contribution in [0.4, 0.5) is 0 Å². The third-order valence-electron chi connectivity index (χ3n) is 2.88. The molecular formula is C11H18N4O.